The van der Waals surface area contributed by atoms with Crippen LogP contribution in [0.2, 0.25) is 0 Å². The summed E-state index contributed by atoms with van der Waals surface area (Å²) in [5, 5.41) is 0. The molecule has 0 unspecified atom stereocenters. The van der Waals surface area contributed by atoms with E-state index in [-0.39, 0.29) is 0 Å². The van der Waals surface area contributed by atoms with Crippen LogP contribution in [0.15, 0.2) is 79.0 Å². The molecule has 0 aromatic carbocycles. The molecule has 0 fully saturated rings. The highest BCUT2D eigenvalue weighted by atomic mass is 14.0. The summed E-state index contributed by atoms with van der Waals surface area (Å²) in [4.78, 5) is 0. The van der Waals surface area contributed by atoms with Gasteiger partial charge in [-0.2, -0.15) is 0 Å². The Morgan fingerprint density at radius 2 is 0.875 bits per heavy atom. The fraction of sp³-hybridized carbons (Fsp3) is 0.417. The molecule has 0 amide bonds. The Morgan fingerprint density at radius 1 is 0.417 bits per heavy atom. The largest absolute Gasteiger partial charge is 0.0845 e. The molecular weight excluding hydrogens is 288 g/mol. The molecule has 0 heterocycles. The first kappa shape index (κ1) is 20.2. The molecule has 24 heavy (non-hydrogen) atoms. The molecule has 1 rings (SSSR count). The monoisotopic (exact) mass is 321 g/mol. The Hall–Kier alpha value is -1.82. The standard InChI is InChI=1S/C24H33/c1-2-4-6-8-10-12-14-16-18-20-22-24-23-21-19-17-15-13-11-9-7-5-3-1/h1-13H,14,16-24H2/b3-1+,4-2+,7-5-,8-6+,11-9+,12-10-,15-13?. The number of hydrogen-bond donors (Lipinski definition) is 0. The van der Waals surface area contributed by atoms with Gasteiger partial charge in [-0.3, -0.25) is 0 Å². The Bertz CT molecular complexity index is 422. The summed E-state index contributed by atoms with van der Waals surface area (Å²) >= 11 is 0. The van der Waals surface area contributed by atoms with Gasteiger partial charge < -0.3 is 0 Å². The first-order valence-electron chi connectivity index (χ1n) is 9.55. The summed E-state index contributed by atoms with van der Waals surface area (Å²) in [6, 6.07) is 0. The van der Waals surface area contributed by atoms with E-state index in [1.54, 1.807) is 0 Å². The van der Waals surface area contributed by atoms with E-state index >= 15 is 0 Å². The second-order valence-electron chi connectivity index (χ2n) is 6.09. The molecule has 0 saturated heterocycles. The van der Waals surface area contributed by atoms with Crippen LogP contribution in [0.4, 0.5) is 0 Å². The maximum absolute atomic E-state index is 3.35. The third kappa shape index (κ3) is 15.1. The highest BCUT2D eigenvalue weighted by Crippen LogP contribution is 2.11. The van der Waals surface area contributed by atoms with Gasteiger partial charge in [0.05, 0.1) is 0 Å². The van der Waals surface area contributed by atoms with E-state index in [1.165, 1.54) is 57.8 Å². The predicted octanol–water partition coefficient (Wildman–Crippen LogP) is 7.60. The Morgan fingerprint density at radius 3 is 1.50 bits per heavy atom. The normalized spacial score (nSPS) is 28.7. The first-order valence-corrected chi connectivity index (χ1v) is 9.55. The number of hydrogen-bond acceptors (Lipinski definition) is 0. The molecule has 0 spiro atoms. The van der Waals surface area contributed by atoms with Gasteiger partial charge in [-0.05, 0) is 31.8 Å². The summed E-state index contributed by atoms with van der Waals surface area (Å²) in [5.74, 6) is 0. The maximum atomic E-state index is 3.35. The molecule has 0 atom stereocenters. The molecule has 0 aromatic rings. The van der Waals surface area contributed by atoms with E-state index in [0.717, 1.165) is 6.42 Å². The Kier molecular flexibility index (Phi) is 14.8. The fourth-order valence-electron chi connectivity index (χ4n) is 2.51. The lowest BCUT2D eigenvalue weighted by Gasteiger charge is -2.00. The van der Waals surface area contributed by atoms with E-state index < -0.39 is 0 Å². The van der Waals surface area contributed by atoms with Crippen molar-refractivity contribution in [3.8, 4) is 0 Å². The van der Waals surface area contributed by atoms with Crippen LogP contribution in [-0.4, -0.2) is 0 Å². The first-order chi connectivity index (χ1) is 12.0. The lowest BCUT2D eigenvalue weighted by molar-refractivity contribution is 0.570. The van der Waals surface area contributed by atoms with Crippen molar-refractivity contribution in [2.75, 3.05) is 0 Å². The van der Waals surface area contributed by atoms with E-state index in [0.29, 0.717) is 0 Å². The van der Waals surface area contributed by atoms with Crippen molar-refractivity contribution in [3.63, 3.8) is 0 Å². The second-order valence-corrected chi connectivity index (χ2v) is 6.09. The second kappa shape index (κ2) is 17.5. The molecule has 0 N–H and O–H groups in total. The Balaban J connectivity index is 2.37. The number of allylic oxidation sites excluding steroid dienone is 14. The zero-order valence-corrected chi connectivity index (χ0v) is 15.1. The van der Waals surface area contributed by atoms with Gasteiger partial charge in [0.1, 0.15) is 0 Å². The van der Waals surface area contributed by atoms with Gasteiger partial charge in [-0.15, -0.1) is 0 Å². The van der Waals surface area contributed by atoms with Crippen LogP contribution < -0.4 is 0 Å². The predicted molar refractivity (Wildman–Crippen MR) is 109 cm³/mol. The summed E-state index contributed by atoms with van der Waals surface area (Å²) < 4.78 is 0. The molecular formula is C24H33. The van der Waals surface area contributed by atoms with Gasteiger partial charge in [0.15, 0.2) is 0 Å². The van der Waals surface area contributed by atoms with Crippen LogP contribution in [0.3, 0.4) is 0 Å². The van der Waals surface area contributed by atoms with Crippen molar-refractivity contribution >= 4 is 0 Å². The van der Waals surface area contributed by atoms with Gasteiger partial charge in [0.25, 0.3) is 0 Å². The average molecular weight is 322 g/mol. The quantitative estimate of drug-likeness (QED) is 0.431. The van der Waals surface area contributed by atoms with Crippen molar-refractivity contribution in [1.82, 2.24) is 0 Å². The SMILES string of the molecule is [C]1=C/C=C/C=C\C=C\C=C\C=C\C=C/CCCCCCCCCC/1. The van der Waals surface area contributed by atoms with Crippen molar-refractivity contribution < 1.29 is 0 Å². The van der Waals surface area contributed by atoms with E-state index in [9.17, 15) is 0 Å². The fourth-order valence-corrected chi connectivity index (χ4v) is 2.51. The van der Waals surface area contributed by atoms with E-state index in [4.69, 9.17) is 0 Å². The molecule has 0 bridgehead atoms. The van der Waals surface area contributed by atoms with Crippen LogP contribution in [0.1, 0.15) is 64.2 Å². The summed E-state index contributed by atoms with van der Waals surface area (Å²) in [7, 11) is 0. The molecule has 129 valence electrons. The molecule has 0 nitrogen and oxygen atoms in total. The smallest absolute Gasteiger partial charge is 0.0276 e. The Labute approximate surface area is 149 Å². The molecule has 0 aliphatic heterocycles. The zero-order valence-electron chi connectivity index (χ0n) is 15.1. The van der Waals surface area contributed by atoms with Gasteiger partial charge in [-0.25, -0.2) is 0 Å². The van der Waals surface area contributed by atoms with Gasteiger partial charge in [0, 0.05) is 0 Å². The minimum absolute atomic E-state index is 1.08. The van der Waals surface area contributed by atoms with Gasteiger partial charge in [0.2, 0.25) is 0 Å². The minimum atomic E-state index is 1.08. The summed E-state index contributed by atoms with van der Waals surface area (Å²) in [5.41, 5.74) is 0. The molecule has 1 aliphatic carbocycles. The minimum Gasteiger partial charge on any atom is -0.0845 e. The maximum Gasteiger partial charge on any atom is -0.0276 e. The van der Waals surface area contributed by atoms with Crippen molar-refractivity contribution in [3.05, 3.63) is 85.1 Å². The molecule has 0 aromatic heterocycles. The summed E-state index contributed by atoms with van der Waals surface area (Å²) in [6.45, 7) is 0. The van der Waals surface area contributed by atoms with E-state index in [2.05, 4.69) is 36.5 Å². The van der Waals surface area contributed by atoms with Crippen molar-refractivity contribution in [1.29, 1.82) is 0 Å². The van der Waals surface area contributed by atoms with Crippen LogP contribution in [0.5, 0.6) is 0 Å². The summed E-state index contributed by atoms with van der Waals surface area (Å²) in [6.07, 6.45) is 43.5. The topological polar surface area (TPSA) is 0 Å². The van der Waals surface area contributed by atoms with Gasteiger partial charge in [-0.1, -0.05) is 118 Å². The lowest BCUT2D eigenvalue weighted by atomic mass is 10.1. The van der Waals surface area contributed by atoms with Crippen LogP contribution in [0.25, 0.3) is 0 Å². The van der Waals surface area contributed by atoms with Crippen LogP contribution in [-0.2, 0) is 0 Å². The van der Waals surface area contributed by atoms with Crippen LogP contribution >= 0.6 is 0 Å². The zero-order chi connectivity index (χ0) is 17.0. The number of rotatable bonds is 0. The lowest BCUT2D eigenvalue weighted by Crippen LogP contribution is -1.81. The highest BCUT2D eigenvalue weighted by Gasteiger charge is 1.91. The van der Waals surface area contributed by atoms with E-state index in [1.807, 2.05) is 48.6 Å². The molecule has 0 heteroatoms. The third-order valence-electron chi connectivity index (χ3n) is 3.90. The molecule has 1 aliphatic rings. The van der Waals surface area contributed by atoms with Crippen LogP contribution in [0, 0.1) is 6.08 Å². The van der Waals surface area contributed by atoms with Crippen molar-refractivity contribution in [2.24, 2.45) is 0 Å². The highest BCUT2D eigenvalue weighted by molar-refractivity contribution is 5.20. The molecule has 1 radical (unpaired) electrons. The van der Waals surface area contributed by atoms with Gasteiger partial charge >= 0.3 is 0 Å². The van der Waals surface area contributed by atoms with Crippen molar-refractivity contribution in [2.45, 2.75) is 64.2 Å². The molecule has 0 saturated carbocycles. The average Bonchev–Trinajstić information content (AvgIpc) is 2.59. The third-order valence-corrected chi connectivity index (χ3v) is 3.90.